The van der Waals surface area contributed by atoms with Crippen LogP contribution in [0.3, 0.4) is 0 Å². The molecule has 2 aliphatic rings. The summed E-state index contributed by atoms with van der Waals surface area (Å²) in [7, 11) is -3.73. The van der Waals surface area contributed by atoms with E-state index in [9.17, 15) is 18.0 Å². The van der Waals surface area contributed by atoms with Gasteiger partial charge in [-0.25, -0.2) is 18.2 Å². The number of fused-ring (bicyclic) bond motifs is 1. The van der Waals surface area contributed by atoms with Crippen LogP contribution >= 0.6 is 11.3 Å². The summed E-state index contributed by atoms with van der Waals surface area (Å²) in [6.45, 7) is 2.42. The molecule has 1 saturated heterocycles. The van der Waals surface area contributed by atoms with E-state index in [4.69, 9.17) is 10.5 Å². The van der Waals surface area contributed by atoms with Crippen molar-refractivity contribution in [2.24, 2.45) is 5.73 Å². The molecule has 1 fully saturated rings. The molecule has 0 spiro atoms. The van der Waals surface area contributed by atoms with Gasteiger partial charge in [0.05, 0.1) is 17.8 Å². The van der Waals surface area contributed by atoms with Gasteiger partial charge in [0.2, 0.25) is 5.91 Å². The number of hydrogen-bond acceptors (Lipinski definition) is 7. The lowest BCUT2D eigenvalue weighted by molar-refractivity contribution is -0.117. The van der Waals surface area contributed by atoms with Crippen LogP contribution in [0.15, 0.2) is 28.5 Å². The average molecular weight is 451 g/mol. The van der Waals surface area contributed by atoms with Gasteiger partial charge in [-0.1, -0.05) is 18.2 Å². The van der Waals surface area contributed by atoms with E-state index < -0.39 is 22.0 Å². The van der Waals surface area contributed by atoms with E-state index in [1.54, 1.807) is 11.8 Å². The Bertz CT molecular complexity index is 1090. The maximum Gasteiger partial charge on any atom is 0.414 e. The van der Waals surface area contributed by atoms with Crippen LogP contribution < -0.4 is 10.6 Å². The molecule has 0 saturated carbocycles. The fourth-order valence-corrected chi connectivity index (χ4v) is 7.05. The minimum absolute atomic E-state index is 0.0837. The third kappa shape index (κ3) is 3.80. The maximum absolute atomic E-state index is 13.1. The first-order chi connectivity index (χ1) is 14.3. The number of para-hydroxylation sites is 1. The van der Waals surface area contributed by atoms with Crippen molar-refractivity contribution in [3.8, 4) is 0 Å². The Morgan fingerprint density at radius 2 is 2.00 bits per heavy atom. The van der Waals surface area contributed by atoms with Gasteiger partial charge < -0.3 is 10.5 Å². The van der Waals surface area contributed by atoms with Crippen molar-refractivity contribution in [1.82, 2.24) is 9.29 Å². The summed E-state index contributed by atoms with van der Waals surface area (Å²) < 4.78 is 33.1. The molecule has 1 aromatic heterocycles. The predicted octanol–water partition coefficient (Wildman–Crippen LogP) is 1.79. The van der Waals surface area contributed by atoms with Gasteiger partial charge in [-0.3, -0.25) is 9.69 Å². The summed E-state index contributed by atoms with van der Waals surface area (Å²) in [6.07, 6.45) is 0.507. The van der Waals surface area contributed by atoms with Crippen LogP contribution in [0.25, 0.3) is 0 Å². The second kappa shape index (κ2) is 7.97. The number of piperidine rings is 1. The molecule has 3 heterocycles. The van der Waals surface area contributed by atoms with Gasteiger partial charge in [0, 0.05) is 24.7 Å². The molecule has 2 aromatic rings. The molecule has 11 heteroatoms. The fraction of sp³-hybridized carbons (Fsp3) is 0.421. The maximum atomic E-state index is 13.1. The van der Waals surface area contributed by atoms with Crippen LogP contribution in [0.5, 0.6) is 0 Å². The highest BCUT2D eigenvalue weighted by Gasteiger charge is 2.38. The molecule has 9 nitrogen and oxygen atoms in total. The first-order valence-corrected chi connectivity index (χ1v) is 11.8. The lowest BCUT2D eigenvalue weighted by Crippen LogP contribution is -2.50. The largest absolute Gasteiger partial charge is 0.444 e. The number of aromatic nitrogens is 1. The number of ether oxygens (including phenoxy) is 1. The van der Waals surface area contributed by atoms with E-state index >= 15 is 0 Å². The van der Waals surface area contributed by atoms with E-state index in [0.29, 0.717) is 23.5 Å². The van der Waals surface area contributed by atoms with E-state index in [1.165, 1.54) is 4.31 Å². The molecule has 0 bridgehead atoms. The number of carbonyl (C=O) groups is 2. The smallest absolute Gasteiger partial charge is 0.414 e. The number of sulfonamides is 1. The van der Waals surface area contributed by atoms with Crippen molar-refractivity contribution in [1.29, 1.82) is 0 Å². The average Bonchev–Trinajstić information content (AvgIpc) is 3.08. The van der Waals surface area contributed by atoms with Crippen molar-refractivity contribution in [3.05, 3.63) is 40.5 Å². The normalized spacial score (nSPS) is 18.2. The zero-order chi connectivity index (χ0) is 21.5. The minimum atomic E-state index is -3.73. The van der Waals surface area contributed by atoms with Crippen LogP contribution in [0, 0.1) is 6.92 Å². The van der Waals surface area contributed by atoms with Crippen LogP contribution in [0.4, 0.5) is 10.5 Å². The SMILES string of the molecule is Cc1nc(CC(N)=O)sc1S(=O)(=O)N1CCC(N2C(=O)OCc3ccccc32)CC1. The number of thiazole rings is 1. The molecule has 30 heavy (non-hydrogen) atoms. The van der Waals surface area contributed by atoms with Crippen LogP contribution in [0.2, 0.25) is 0 Å². The molecular formula is C19H22N4O5S2. The first-order valence-electron chi connectivity index (χ1n) is 9.56. The fourth-order valence-electron chi connectivity index (χ4n) is 3.88. The number of anilines is 1. The minimum Gasteiger partial charge on any atom is -0.444 e. The Morgan fingerprint density at radius 1 is 1.30 bits per heavy atom. The van der Waals surface area contributed by atoms with Crippen molar-refractivity contribution in [3.63, 3.8) is 0 Å². The molecule has 2 N–H and O–H groups in total. The Hall–Kier alpha value is -2.50. The monoisotopic (exact) mass is 450 g/mol. The topological polar surface area (TPSA) is 123 Å². The third-order valence-corrected chi connectivity index (χ3v) is 8.93. The number of nitrogens with two attached hydrogens (primary N) is 1. The van der Waals surface area contributed by atoms with Gasteiger partial charge in [0.1, 0.15) is 11.6 Å². The molecule has 0 atom stereocenters. The second-order valence-corrected chi connectivity index (χ2v) is 10.5. The summed E-state index contributed by atoms with van der Waals surface area (Å²) >= 11 is 0.982. The highest BCUT2D eigenvalue weighted by Crippen LogP contribution is 2.34. The molecule has 0 radical (unpaired) electrons. The molecule has 2 aliphatic heterocycles. The number of amides is 2. The summed E-state index contributed by atoms with van der Waals surface area (Å²) in [6, 6.07) is 7.44. The molecule has 4 rings (SSSR count). The first kappa shape index (κ1) is 20.8. The van der Waals surface area contributed by atoms with E-state index in [-0.39, 0.29) is 36.4 Å². The number of nitrogens with zero attached hydrogens (tertiary/aromatic N) is 3. The van der Waals surface area contributed by atoms with Crippen molar-refractivity contribution >= 4 is 39.0 Å². The quantitative estimate of drug-likeness (QED) is 0.741. The Morgan fingerprint density at radius 3 is 2.70 bits per heavy atom. The number of hydrogen-bond donors (Lipinski definition) is 1. The van der Waals surface area contributed by atoms with Gasteiger partial charge in [0.25, 0.3) is 10.0 Å². The van der Waals surface area contributed by atoms with Crippen molar-refractivity contribution in [2.45, 2.75) is 43.0 Å². The molecule has 160 valence electrons. The molecule has 0 aliphatic carbocycles. The third-order valence-electron chi connectivity index (χ3n) is 5.29. The Labute approximate surface area is 178 Å². The lowest BCUT2D eigenvalue weighted by Gasteiger charge is -2.39. The zero-order valence-electron chi connectivity index (χ0n) is 16.4. The lowest BCUT2D eigenvalue weighted by atomic mass is 10.0. The van der Waals surface area contributed by atoms with Gasteiger partial charge in [-0.2, -0.15) is 4.31 Å². The summed E-state index contributed by atoms with van der Waals surface area (Å²) in [5.74, 6) is -0.554. The van der Waals surface area contributed by atoms with Gasteiger partial charge >= 0.3 is 6.09 Å². The van der Waals surface area contributed by atoms with E-state index in [2.05, 4.69) is 4.98 Å². The molecular weight excluding hydrogens is 428 g/mol. The zero-order valence-corrected chi connectivity index (χ0v) is 18.0. The highest BCUT2D eigenvalue weighted by atomic mass is 32.2. The van der Waals surface area contributed by atoms with Crippen LogP contribution in [-0.2, 0) is 32.6 Å². The van der Waals surface area contributed by atoms with Crippen molar-refractivity contribution in [2.75, 3.05) is 18.0 Å². The number of rotatable bonds is 5. The number of cyclic esters (lactones) is 1. The van der Waals surface area contributed by atoms with E-state index in [0.717, 1.165) is 22.6 Å². The number of benzene rings is 1. The molecule has 2 amide bonds. The van der Waals surface area contributed by atoms with E-state index in [1.807, 2.05) is 24.3 Å². The standard InChI is InChI=1S/C19H22N4O5S2/c1-12-18(29-17(21-12)10-16(20)24)30(26,27)22-8-6-14(7-9-22)23-15-5-3-2-4-13(15)11-28-19(23)25/h2-5,14H,6-11H2,1H3,(H2,20,24). The van der Waals surface area contributed by atoms with Gasteiger partial charge in [-0.05, 0) is 25.8 Å². The Balaban J connectivity index is 1.50. The van der Waals surface area contributed by atoms with Gasteiger partial charge in [-0.15, -0.1) is 11.3 Å². The van der Waals surface area contributed by atoms with Crippen LogP contribution in [-0.4, -0.2) is 48.8 Å². The number of primary amides is 1. The van der Waals surface area contributed by atoms with Crippen LogP contribution in [0.1, 0.15) is 29.1 Å². The molecule has 1 aromatic carbocycles. The summed E-state index contributed by atoms with van der Waals surface area (Å²) in [5, 5.41) is 0.390. The highest BCUT2D eigenvalue weighted by molar-refractivity contribution is 7.91. The summed E-state index contributed by atoms with van der Waals surface area (Å²) in [5.41, 5.74) is 7.32. The second-order valence-electron chi connectivity index (χ2n) is 7.31. The molecule has 0 unspecified atom stereocenters. The predicted molar refractivity (Wildman–Crippen MR) is 111 cm³/mol. The number of aryl methyl sites for hydroxylation is 1. The van der Waals surface area contributed by atoms with Gasteiger partial charge in [0.15, 0.2) is 4.21 Å². The van der Waals surface area contributed by atoms with Crippen molar-refractivity contribution < 1.29 is 22.7 Å². The number of carbonyl (C=O) groups excluding carboxylic acids is 2. The Kier molecular flexibility index (Phi) is 5.51. The summed E-state index contributed by atoms with van der Waals surface area (Å²) in [4.78, 5) is 29.4.